The summed E-state index contributed by atoms with van der Waals surface area (Å²) in [5.41, 5.74) is 0.920. The van der Waals surface area contributed by atoms with E-state index >= 15 is 0 Å². The Bertz CT molecular complexity index is 448. The van der Waals surface area contributed by atoms with Crippen LogP contribution in [0.1, 0.15) is 18.9 Å². The van der Waals surface area contributed by atoms with Crippen molar-refractivity contribution in [1.82, 2.24) is 0 Å². The molecule has 0 atom stereocenters. The predicted molar refractivity (Wildman–Crippen MR) is 73.8 cm³/mol. The van der Waals surface area contributed by atoms with E-state index in [1.165, 1.54) is 11.8 Å². The summed E-state index contributed by atoms with van der Waals surface area (Å²) >= 11 is 10.5. The molecule has 1 aromatic carbocycles. The van der Waals surface area contributed by atoms with E-state index in [2.05, 4.69) is 27.8 Å². The maximum absolute atomic E-state index is 10.7. The molecule has 0 spiro atoms. The molecule has 0 saturated carbocycles. The second-order valence-corrected chi connectivity index (χ2v) is 5.55. The lowest BCUT2D eigenvalue weighted by Crippen LogP contribution is -1.84. The summed E-state index contributed by atoms with van der Waals surface area (Å²) in [6, 6.07) is 5.56. The zero-order valence-corrected chi connectivity index (χ0v) is 11.9. The van der Waals surface area contributed by atoms with Crippen molar-refractivity contribution in [2.24, 2.45) is 0 Å². The number of carbonyl (C=O) groups excluding carboxylic acids is 1. The third kappa shape index (κ3) is 5.07. The van der Waals surface area contributed by atoms with Crippen LogP contribution in [0.3, 0.4) is 0 Å². The van der Waals surface area contributed by atoms with Crippen LogP contribution in [0.2, 0.25) is 5.02 Å². The van der Waals surface area contributed by atoms with Gasteiger partial charge in [0, 0.05) is 29.1 Å². The maximum atomic E-state index is 10.7. The van der Waals surface area contributed by atoms with Gasteiger partial charge in [-0.3, -0.25) is 4.79 Å². The molecule has 4 heteroatoms. The van der Waals surface area contributed by atoms with E-state index in [4.69, 9.17) is 11.6 Å². The van der Waals surface area contributed by atoms with Crippen molar-refractivity contribution < 1.29 is 4.79 Å². The number of thioether (sulfide) groups is 1. The van der Waals surface area contributed by atoms with Gasteiger partial charge in [0.25, 0.3) is 0 Å². The van der Waals surface area contributed by atoms with Crippen molar-refractivity contribution in [2.45, 2.75) is 13.3 Å². The highest BCUT2D eigenvalue weighted by atomic mass is 79.9. The molecule has 0 bridgehead atoms. The van der Waals surface area contributed by atoms with Crippen molar-refractivity contribution in [1.29, 1.82) is 0 Å². The predicted octanol–water partition coefficient (Wildman–Crippen LogP) is 4.12. The molecule has 1 nitrogen and oxygen atoms in total. The van der Waals surface area contributed by atoms with Crippen LogP contribution < -0.4 is 0 Å². The van der Waals surface area contributed by atoms with E-state index in [9.17, 15) is 4.79 Å². The first-order valence-electron chi connectivity index (χ1n) is 4.67. The first-order chi connectivity index (χ1) is 7.59. The largest absolute Gasteiger partial charge is 0.288 e. The molecule has 0 aliphatic heterocycles. The fourth-order valence-electron chi connectivity index (χ4n) is 0.984. The minimum absolute atomic E-state index is 0.135. The molecule has 0 aromatic heterocycles. The summed E-state index contributed by atoms with van der Waals surface area (Å²) in [5.74, 6) is 6.79. The molecule has 0 aliphatic carbocycles. The van der Waals surface area contributed by atoms with Gasteiger partial charge in [0.2, 0.25) is 0 Å². The lowest BCUT2D eigenvalue weighted by molar-refractivity contribution is -0.109. The third-order valence-electron chi connectivity index (χ3n) is 1.68. The van der Waals surface area contributed by atoms with Crippen molar-refractivity contribution in [2.75, 3.05) is 5.75 Å². The minimum atomic E-state index is 0.135. The van der Waals surface area contributed by atoms with Crippen molar-refractivity contribution in [3.8, 4) is 11.8 Å². The third-order valence-corrected chi connectivity index (χ3v) is 3.71. The summed E-state index contributed by atoms with van der Waals surface area (Å²) < 4.78 is 0.846. The fraction of sp³-hybridized carbons (Fsp3) is 0.250. The molecule has 0 radical (unpaired) electrons. The Kier molecular flexibility index (Phi) is 5.97. The molecule has 0 unspecified atom stereocenters. The van der Waals surface area contributed by atoms with Gasteiger partial charge in [0.05, 0.1) is 5.02 Å². The van der Waals surface area contributed by atoms with Gasteiger partial charge in [0.15, 0.2) is 5.12 Å². The molecule has 16 heavy (non-hydrogen) atoms. The average Bonchev–Trinajstić information content (AvgIpc) is 2.22. The second kappa shape index (κ2) is 7.01. The van der Waals surface area contributed by atoms with E-state index in [0.29, 0.717) is 11.4 Å². The molecule has 1 aromatic rings. The van der Waals surface area contributed by atoms with Gasteiger partial charge in [0.1, 0.15) is 0 Å². The Hall–Kier alpha value is -0.430. The first-order valence-corrected chi connectivity index (χ1v) is 6.82. The Labute approximate surface area is 113 Å². The van der Waals surface area contributed by atoms with Gasteiger partial charge < -0.3 is 0 Å². The van der Waals surface area contributed by atoms with E-state index in [1.807, 2.05) is 12.1 Å². The van der Waals surface area contributed by atoms with Crippen LogP contribution in [0, 0.1) is 11.8 Å². The Morgan fingerprint density at radius 2 is 2.31 bits per heavy atom. The van der Waals surface area contributed by atoms with E-state index < -0.39 is 0 Å². The van der Waals surface area contributed by atoms with Crippen LogP contribution in [0.4, 0.5) is 0 Å². The van der Waals surface area contributed by atoms with E-state index in [1.54, 1.807) is 13.0 Å². The topological polar surface area (TPSA) is 17.1 Å². The first kappa shape index (κ1) is 13.6. The summed E-state index contributed by atoms with van der Waals surface area (Å²) in [6.45, 7) is 1.56. The Balaban J connectivity index is 2.50. The zero-order valence-electron chi connectivity index (χ0n) is 8.72. The van der Waals surface area contributed by atoms with Crippen LogP contribution in [0.25, 0.3) is 0 Å². The summed E-state index contributed by atoms with van der Waals surface area (Å²) in [7, 11) is 0. The number of benzene rings is 1. The van der Waals surface area contributed by atoms with Gasteiger partial charge in [-0.1, -0.05) is 35.2 Å². The molecule has 1 rings (SSSR count). The van der Waals surface area contributed by atoms with Crippen LogP contribution >= 0.6 is 39.3 Å². The number of hydrogen-bond acceptors (Lipinski definition) is 2. The van der Waals surface area contributed by atoms with E-state index in [0.717, 1.165) is 15.8 Å². The van der Waals surface area contributed by atoms with Crippen LogP contribution in [0.5, 0.6) is 0 Å². The Morgan fingerprint density at radius 1 is 1.56 bits per heavy atom. The van der Waals surface area contributed by atoms with Gasteiger partial charge in [-0.2, -0.15) is 0 Å². The minimum Gasteiger partial charge on any atom is -0.288 e. The molecule has 0 heterocycles. The van der Waals surface area contributed by atoms with Crippen molar-refractivity contribution in [3.63, 3.8) is 0 Å². The number of halogens is 2. The highest BCUT2D eigenvalue weighted by Gasteiger charge is 1.96. The number of hydrogen-bond donors (Lipinski definition) is 0. The SMILES string of the molecule is CC(=O)SCCC#Cc1ccc(Cl)c(Br)c1. The molecule has 0 amide bonds. The average molecular weight is 318 g/mol. The highest BCUT2D eigenvalue weighted by molar-refractivity contribution is 9.10. The summed E-state index contributed by atoms with van der Waals surface area (Å²) in [6.07, 6.45) is 0.713. The zero-order chi connectivity index (χ0) is 12.0. The molecule has 0 N–H and O–H groups in total. The number of carbonyl (C=O) groups is 1. The molecule has 0 fully saturated rings. The monoisotopic (exact) mass is 316 g/mol. The lowest BCUT2D eigenvalue weighted by atomic mass is 10.2. The smallest absolute Gasteiger partial charge is 0.185 e. The second-order valence-electron chi connectivity index (χ2n) is 3.02. The molecule has 0 aliphatic rings. The molecule has 0 saturated heterocycles. The molecular formula is C12H10BrClOS. The van der Waals surface area contributed by atoms with Crippen LogP contribution in [-0.4, -0.2) is 10.9 Å². The van der Waals surface area contributed by atoms with Gasteiger partial charge in [-0.15, -0.1) is 0 Å². The quantitative estimate of drug-likeness (QED) is 0.603. The van der Waals surface area contributed by atoms with Gasteiger partial charge >= 0.3 is 0 Å². The van der Waals surface area contributed by atoms with Crippen molar-refractivity contribution in [3.05, 3.63) is 33.3 Å². The van der Waals surface area contributed by atoms with Gasteiger partial charge in [-0.05, 0) is 34.1 Å². The molecule has 84 valence electrons. The fourth-order valence-corrected chi connectivity index (χ4v) is 1.97. The highest BCUT2D eigenvalue weighted by Crippen LogP contribution is 2.22. The number of rotatable bonds is 2. The van der Waals surface area contributed by atoms with Crippen LogP contribution in [-0.2, 0) is 4.79 Å². The summed E-state index contributed by atoms with van der Waals surface area (Å²) in [4.78, 5) is 10.7. The summed E-state index contributed by atoms with van der Waals surface area (Å²) in [5, 5.41) is 0.814. The van der Waals surface area contributed by atoms with Gasteiger partial charge in [-0.25, -0.2) is 0 Å². The van der Waals surface area contributed by atoms with E-state index in [-0.39, 0.29) is 5.12 Å². The normalized spacial score (nSPS) is 9.44. The lowest BCUT2D eigenvalue weighted by Gasteiger charge is -1.95. The maximum Gasteiger partial charge on any atom is 0.185 e. The van der Waals surface area contributed by atoms with Crippen LogP contribution in [0.15, 0.2) is 22.7 Å². The molecular weight excluding hydrogens is 308 g/mol. The van der Waals surface area contributed by atoms with Crippen molar-refractivity contribution >= 4 is 44.4 Å². The standard InChI is InChI=1S/C12H10BrClOS/c1-9(15)16-7-3-2-4-10-5-6-12(14)11(13)8-10/h5-6,8H,3,7H2,1H3. The Morgan fingerprint density at radius 3 is 2.94 bits per heavy atom.